The van der Waals surface area contributed by atoms with Crippen LogP contribution in [-0.2, 0) is 14.8 Å². The molecule has 3 rings (SSSR count). The summed E-state index contributed by atoms with van der Waals surface area (Å²) in [5, 5.41) is 3.03. The maximum atomic E-state index is 14.0. The summed E-state index contributed by atoms with van der Waals surface area (Å²) >= 11 is 0. The van der Waals surface area contributed by atoms with E-state index in [9.17, 15) is 17.2 Å². The summed E-state index contributed by atoms with van der Waals surface area (Å²) in [6.45, 7) is 3.17. The van der Waals surface area contributed by atoms with Crippen molar-refractivity contribution in [3.05, 3.63) is 53.7 Å². The zero-order valence-corrected chi connectivity index (χ0v) is 15.7. The van der Waals surface area contributed by atoms with Crippen molar-refractivity contribution >= 4 is 15.8 Å². The number of nitrogens with zero attached hydrogens (tertiary/aromatic N) is 2. The van der Waals surface area contributed by atoms with E-state index in [0.29, 0.717) is 38.5 Å². The van der Waals surface area contributed by atoms with Crippen molar-refractivity contribution in [1.82, 2.24) is 9.29 Å². The van der Waals surface area contributed by atoms with E-state index in [4.69, 9.17) is 4.74 Å². The molecule has 146 valence electrons. The SMILES string of the molecule is CCC(Nc1ccc(S(=O)(=O)N2CCOCC2)cn1)c1cc(F)ccc1F. The molecule has 1 aliphatic heterocycles. The first kappa shape index (κ1) is 19.7. The molecule has 2 heterocycles. The van der Waals surface area contributed by atoms with Crippen molar-refractivity contribution in [2.45, 2.75) is 24.3 Å². The van der Waals surface area contributed by atoms with Crippen molar-refractivity contribution in [3.63, 3.8) is 0 Å². The topological polar surface area (TPSA) is 71.5 Å². The van der Waals surface area contributed by atoms with Crippen molar-refractivity contribution in [2.75, 3.05) is 31.6 Å². The first-order valence-electron chi connectivity index (χ1n) is 8.67. The number of benzene rings is 1. The highest BCUT2D eigenvalue weighted by molar-refractivity contribution is 7.89. The van der Waals surface area contributed by atoms with Gasteiger partial charge in [-0.2, -0.15) is 4.31 Å². The molecule has 2 aromatic rings. The van der Waals surface area contributed by atoms with Gasteiger partial charge < -0.3 is 10.1 Å². The van der Waals surface area contributed by atoms with Crippen LogP contribution >= 0.6 is 0 Å². The van der Waals surface area contributed by atoms with Crippen molar-refractivity contribution in [3.8, 4) is 0 Å². The standard InChI is InChI=1S/C18H21F2N3O3S/c1-2-17(15-11-13(19)3-5-16(15)20)22-18-6-4-14(12-21-18)27(24,25)23-7-9-26-10-8-23/h3-6,11-12,17H,2,7-10H2,1H3,(H,21,22). The Morgan fingerprint density at radius 1 is 1.22 bits per heavy atom. The van der Waals surface area contributed by atoms with E-state index in [-0.39, 0.29) is 10.5 Å². The lowest BCUT2D eigenvalue weighted by molar-refractivity contribution is 0.0730. The van der Waals surface area contributed by atoms with E-state index in [1.165, 1.54) is 22.6 Å². The molecule has 1 aromatic carbocycles. The number of morpholine rings is 1. The lowest BCUT2D eigenvalue weighted by Crippen LogP contribution is -2.40. The second kappa shape index (κ2) is 8.28. The van der Waals surface area contributed by atoms with Crippen LogP contribution in [0, 0.1) is 11.6 Å². The largest absolute Gasteiger partial charge is 0.379 e. The number of aromatic nitrogens is 1. The van der Waals surface area contributed by atoms with Gasteiger partial charge in [0.15, 0.2) is 0 Å². The first-order valence-corrected chi connectivity index (χ1v) is 10.1. The molecule has 0 amide bonds. The van der Waals surface area contributed by atoms with Gasteiger partial charge in [0.05, 0.1) is 19.3 Å². The van der Waals surface area contributed by atoms with E-state index in [0.717, 1.165) is 18.2 Å². The third-order valence-electron chi connectivity index (χ3n) is 4.41. The molecule has 0 spiro atoms. The lowest BCUT2D eigenvalue weighted by atomic mass is 10.0. The normalized spacial score (nSPS) is 16.9. The highest BCUT2D eigenvalue weighted by Crippen LogP contribution is 2.25. The number of hydrogen-bond donors (Lipinski definition) is 1. The molecular formula is C18H21F2N3O3S. The summed E-state index contributed by atoms with van der Waals surface area (Å²) in [6.07, 6.45) is 1.76. The number of rotatable bonds is 6. The minimum atomic E-state index is -3.62. The van der Waals surface area contributed by atoms with E-state index in [1.807, 2.05) is 6.92 Å². The van der Waals surface area contributed by atoms with Crippen molar-refractivity contribution in [1.29, 1.82) is 0 Å². The zero-order valence-electron chi connectivity index (χ0n) is 14.9. The van der Waals surface area contributed by atoms with Crippen molar-refractivity contribution < 1.29 is 21.9 Å². The summed E-state index contributed by atoms with van der Waals surface area (Å²) in [7, 11) is -3.62. The van der Waals surface area contributed by atoms with Crippen molar-refractivity contribution in [2.24, 2.45) is 0 Å². The molecule has 1 aliphatic rings. The fourth-order valence-corrected chi connectivity index (χ4v) is 4.27. The number of hydrogen-bond acceptors (Lipinski definition) is 5. The van der Waals surface area contributed by atoms with Gasteiger partial charge in [0, 0.05) is 24.8 Å². The average Bonchev–Trinajstić information content (AvgIpc) is 2.69. The zero-order chi connectivity index (χ0) is 19.4. The van der Waals surface area contributed by atoms with E-state index in [2.05, 4.69) is 10.3 Å². The smallest absolute Gasteiger partial charge is 0.244 e. The van der Waals surface area contributed by atoms with Crippen LogP contribution in [0.15, 0.2) is 41.4 Å². The predicted molar refractivity (Wildman–Crippen MR) is 96.8 cm³/mol. The number of pyridine rings is 1. The van der Waals surface area contributed by atoms with Gasteiger partial charge in [0.1, 0.15) is 22.3 Å². The summed E-state index contributed by atoms with van der Waals surface area (Å²) in [4.78, 5) is 4.22. The second-order valence-corrected chi connectivity index (χ2v) is 8.10. The highest BCUT2D eigenvalue weighted by Gasteiger charge is 2.26. The van der Waals surface area contributed by atoms with Gasteiger partial charge in [0.25, 0.3) is 0 Å². The van der Waals surface area contributed by atoms with Crippen LogP contribution in [0.5, 0.6) is 0 Å². The van der Waals surface area contributed by atoms with Crippen LogP contribution in [0.1, 0.15) is 24.9 Å². The quantitative estimate of drug-likeness (QED) is 0.812. The fourth-order valence-electron chi connectivity index (χ4n) is 2.91. The van der Waals surface area contributed by atoms with Gasteiger partial charge in [-0.1, -0.05) is 6.92 Å². The van der Waals surface area contributed by atoms with Crippen LogP contribution in [0.4, 0.5) is 14.6 Å². The molecule has 1 aromatic heterocycles. The summed E-state index contributed by atoms with van der Waals surface area (Å²) in [5.74, 6) is -0.653. The van der Waals surface area contributed by atoms with Crippen LogP contribution in [0.3, 0.4) is 0 Å². The minimum Gasteiger partial charge on any atom is -0.379 e. The van der Waals surface area contributed by atoms with Gasteiger partial charge in [-0.25, -0.2) is 22.2 Å². The Hall–Kier alpha value is -2.10. The third kappa shape index (κ3) is 4.42. The van der Waals surface area contributed by atoms with Gasteiger partial charge in [-0.15, -0.1) is 0 Å². The van der Waals surface area contributed by atoms with Gasteiger partial charge >= 0.3 is 0 Å². The number of halogens is 2. The second-order valence-electron chi connectivity index (χ2n) is 6.17. The number of anilines is 1. The van der Waals surface area contributed by atoms with Crippen LogP contribution in [-0.4, -0.2) is 44.0 Å². The Labute approximate surface area is 157 Å². The molecule has 9 heteroatoms. The molecule has 0 aliphatic carbocycles. The van der Waals surface area contributed by atoms with E-state index < -0.39 is 27.7 Å². The summed E-state index contributed by atoms with van der Waals surface area (Å²) < 4.78 is 59.2. The molecule has 1 fully saturated rings. The number of ether oxygens (including phenoxy) is 1. The number of nitrogens with one attached hydrogen (secondary N) is 1. The Bertz CT molecular complexity index is 885. The van der Waals surface area contributed by atoms with E-state index >= 15 is 0 Å². The fraction of sp³-hybridized carbons (Fsp3) is 0.389. The van der Waals surface area contributed by atoms with Crippen LogP contribution in [0.2, 0.25) is 0 Å². The molecular weight excluding hydrogens is 376 g/mol. The van der Waals surface area contributed by atoms with Crippen LogP contribution < -0.4 is 5.32 Å². The molecule has 0 saturated carbocycles. The Balaban J connectivity index is 1.77. The Morgan fingerprint density at radius 2 is 1.96 bits per heavy atom. The number of sulfonamides is 1. The minimum absolute atomic E-state index is 0.0833. The molecule has 0 radical (unpaired) electrons. The maximum absolute atomic E-state index is 14.0. The molecule has 1 N–H and O–H groups in total. The molecule has 1 saturated heterocycles. The lowest BCUT2D eigenvalue weighted by Gasteiger charge is -2.26. The average molecular weight is 397 g/mol. The van der Waals surface area contributed by atoms with Gasteiger partial charge in [-0.05, 0) is 36.8 Å². The highest BCUT2D eigenvalue weighted by atomic mass is 32.2. The van der Waals surface area contributed by atoms with Gasteiger partial charge in [0.2, 0.25) is 10.0 Å². The van der Waals surface area contributed by atoms with E-state index in [1.54, 1.807) is 0 Å². The molecule has 0 bridgehead atoms. The van der Waals surface area contributed by atoms with Gasteiger partial charge in [-0.3, -0.25) is 0 Å². The molecule has 1 unspecified atom stereocenters. The molecule has 27 heavy (non-hydrogen) atoms. The first-order chi connectivity index (χ1) is 12.9. The Kier molecular flexibility index (Phi) is 6.03. The maximum Gasteiger partial charge on any atom is 0.244 e. The summed E-state index contributed by atoms with van der Waals surface area (Å²) in [6, 6.07) is 5.78. The van der Waals surface area contributed by atoms with Crippen LogP contribution in [0.25, 0.3) is 0 Å². The molecule has 1 atom stereocenters. The third-order valence-corrected chi connectivity index (χ3v) is 6.29. The summed E-state index contributed by atoms with van der Waals surface area (Å²) in [5.41, 5.74) is 0.198. The Morgan fingerprint density at radius 3 is 2.59 bits per heavy atom. The molecule has 6 nitrogen and oxygen atoms in total. The monoisotopic (exact) mass is 397 g/mol. The predicted octanol–water partition coefficient (Wildman–Crippen LogP) is 2.94.